The zero-order valence-electron chi connectivity index (χ0n) is 10.0. The third-order valence-corrected chi connectivity index (χ3v) is 3.58. The molecule has 88 valence electrons. The van der Waals surface area contributed by atoms with Gasteiger partial charge in [-0.25, -0.2) is 0 Å². The van der Waals surface area contributed by atoms with E-state index in [2.05, 4.69) is 16.8 Å². The number of piperidine rings is 1. The van der Waals surface area contributed by atoms with Crippen molar-refractivity contribution in [3.63, 3.8) is 0 Å². The van der Waals surface area contributed by atoms with Gasteiger partial charge in [0, 0.05) is 12.7 Å². The van der Waals surface area contributed by atoms with Gasteiger partial charge < -0.3 is 5.73 Å². The Morgan fingerprint density at radius 2 is 2.19 bits per heavy atom. The summed E-state index contributed by atoms with van der Waals surface area (Å²) in [5.74, 6) is 0.928. The van der Waals surface area contributed by atoms with Crippen molar-refractivity contribution in [2.24, 2.45) is 5.92 Å². The second kappa shape index (κ2) is 5.30. The van der Waals surface area contributed by atoms with Crippen LogP contribution in [0.4, 0.5) is 5.69 Å². The van der Waals surface area contributed by atoms with Gasteiger partial charge in [0.1, 0.15) is 0 Å². The van der Waals surface area contributed by atoms with Crippen molar-refractivity contribution in [3.8, 4) is 0 Å². The number of pyridine rings is 1. The molecule has 0 spiro atoms. The summed E-state index contributed by atoms with van der Waals surface area (Å²) in [7, 11) is 0. The van der Waals surface area contributed by atoms with Crippen LogP contribution in [0.25, 0.3) is 0 Å². The monoisotopic (exact) mass is 219 g/mol. The van der Waals surface area contributed by atoms with Crippen molar-refractivity contribution in [3.05, 3.63) is 24.0 Å². The number of rotatable bonds is 3. The molecule has 0 amide bonds. The van der Waals surface area contributed by atoms with Gasteiger partial charge in [-0.1, -0.05) is 13.3 Å². The molecule has 0 aliphatic carbocycles. The smallest absolute Gasteiger partial charge is 0.0772 e. The lowest BCUT2D eigenvalue weighted by molar-refractivity contribution is 0.173. The first-order valence-corrected chi connectivity index (χ1v) is 6.21. The molecule has 0 aromatic carbocycles. The molecule has 0 atom stereocenters. The zero-order valence-corrected chi connectivity index (χ0v) is 10.0. The van der Waals surface area contributed by atoms with E-state index in [-0.39, 0.29) is 0 Å². The van der Waals surface area contributed by atoms with Gasteiger partial charge in [-0.3, -0.25) is 9.88 Å². The first-order valence-electron chi connectivity index (χ1n) is 6.21. The molecule has 1 aromatic rings. The molecular formula is C13H21N3. The van der Waals surface area contributed by atoms with E-state index < -0.39 is 0 Å². The fraction of sp³-hybridized carbons (Fsp3) is 0.615. The van der Waals surface area contributed by atoms with Gasteiger partial charge in [0.05, 0.1) is 11.4 Å². The number of nitrogens with zero attached hydrogens (tertiary/aromatic N) is 2. The summed E-state index contributed by atoms with van der Waals surface area (Å²) in [4.78, 5) is 6.81. The Bertz CT molecular complexity index is 330. The second-order valence-corrected chi connectivity index (χ2v) is 4.67. The van der Waals surface area contributed by atoms with E-state index in [0.717, 1.165) is 23.8 Å². The van der Waals surface area contributed by atoms with Crippen molar-refractivity contribution in [2.75, 3.05) is 18.8 Å². The van der Waals surface area contributed by atoms with Gasteiger partial charge in [-0.05, 0) is 44.0 Å². The highest BCUT2D eigenvalue weighted by Gasteiger charge is 2.18. The molecule has 0 radical (unpaired) electrons. The molecule has 3 nitrogen and oxygen atoms in total. The van der Waals surface area contributed by atoms with Crippen molar-refractivity contribution in [1.82, 2.24) is 9.88 Å². The fourth-order valence-electron chi connectivity index (χ4n) is 2.35. The maximum atomic E-state index is 5.90. The van der Waals surface area contributed by atoms with Crippen LogP contribution in [-0.2, 0) is 6.54 Å². The summed E-state index contributed by atoms with van der Waals surface area (Å²) in [5.41, 5.74) is 7.75. The van der Waals surface area contributed by atoms with Gasteiger partial charge >= 0.3 is 0 Å². The molecule has 1 fully saturated rings. The van der Waals surface area contributed by atoms with Crippen molar-refractivity contribution >= 4 is 5.69 Å². The lowest BCUT2D eigenvalue weighted by Crippen LogP contribution is -2.33. The van der Waals surface area contributed by atoms with Gasteiger partial charge in [0.2, 0.25) is 0 Å². The number of likely N-dealkylation sites (tertiary alicyclic amines) is 1. The third-order valence-electron chi connectivity index (χ3n) is 3.58. The molecule has 3 heteroatoms. The van der Waals surface area contributed by atoms with Crippen LogP contribution in [0, 0.1) is 5.92 Å². The molecule has 1 aromatic heterocycles. The molecule has 16 heavy (non-hydrogen) atoms. The van der Waals surface area contributed by atoms with Crippen LogP contribution in [0.15, 0.2) is 18.3 Å². The number of hydrogen-bond donors (Lipinski definition) is 1. The second-order valence-electron chi connectivity index (χ2n) is 4.67. The van der Waals surface area contributed by atoms with Crippen LogP contribution < -0.4 is 5.73 Å². The molecule has 1 aliphatic heterocycles. The Labute approximate surface area is 97.7 Å². The minimum absolute atomic E-state index is 0.820. The lowest BCUT2D eigenvalue weighted by Gasteiger charge is -2.31. The molecule has 1 saturated heterocycles. The average molecular weight is 219 g/mol. The van der Waals surface area contributed by atoms with E-state index in [1.165, 1.54) is 32.4 Å². The molecule has 2 heterocycles. The number of nitrogens with two attached hydrogens (primary N) is 1. The summed E-state index contributed by atoms with van der Waals surface area (Å²) in [5, 5.41) is 0. The zero-order chi connectivity index (χ0) is 11.4. The summed E-state index contributed by atoms with van der Waals surface area (Å²) in [6, 6.07) is 3.82. The molecular weight excluding hydrogens is 198 g/mol. The standard InChI is InChI=1S/C13H21N3/c1-2-11-5-8-16(9-6-11)10-13-12(14)4-3-7-15-13/h3-4,7,11H,2,5-6,8-10,14H2,1H3. The first-order chi connectivity index (χ1) is 7.79. The van der Waals surface area contributed by atoms with Crippen LogP contribution in [0.3, 0.4) is 0 Å². The van der Waals surface area contributed by atoms with Crippen LogP contribution in [0.2, 0.25) is 0 Å². The van der Waals surface area contributed by atoms with Crippen LogP contribution in [0.5, 0.6) is 0 Å². The highest BCUT2D eigenvalue weighted by atomic mass is 15.1. The Morgan fingerprint density at radius 1 is 1.44 bits per heavy atom. The number of aromatic nitrogens is 1. The molecule has 0 saturated carbocycles. The molecule has 0 bridgehead atoms. The number of anilines is 1. The highest BCUT2D eigenvalue weighted by Crippen LogP contribution is 2.21. The van der Waals surface area contributed by atoms with Crippen molar-refractivity contribution in [1.29, 1.82) is 0 Å². The Kier molecular flexibility index (Phi) is 3.78. The van der Waals surface area contributed by atoms with Crippen molar-refractivity contribution < 1.29 is 0 Å². The molecule has 2 rings (SSSR count). The summed E-state index contributed by atoms with van der Waals surface area (Å²) >= 11 is 0. The largest absolute Gasteiger partial charge is 0.397 e. The van der Waals surface area contributed by atoms with Gasteiger partial charge in [0.15, 0.2) is 0 Å². The maximum Gasteiger partial charge on any atom is 0.0772 e. The normalized spacial score (nSPS) is 18.8. The quantitative estimate of drug-likeness (QED) is 0.848. The van der Waals surface area contributed by atoms with Crippen LogP contribution in [-0.4, -0.2) is 23.0 Å². The van der Waals surface area contributed by atoms with E-state index in [1.807, 2.05) is 18.3 Å². The third kappa shape index (κ3) is 2.73. The number of hydrogen-bond acceptors (Lipinski definition) is 3. The SMILES string of the molecule is CCC1CCN(Cc2ncccc2N)CC1. The Morgan fingerprint density at radius 3 is 2.81 bits per heavy atom. The van der Waals surface area contributed by atoms with Gasteiger partial charge in [-0.2, -0.15) is 0 Å². The minimum atomic E-state index is 0.820. The summed E-state index contributed by atoms with van der Waals surface area (Å²) in [6.45, 7) is 5.57. The predicted molar refractivity (Wildman–Crippen MR) is 66.9 cm³/mol. The summed E-state index contributed by atoms with van der Waals surface area (Å²) < 4.78 is 0. The van der Waals surface area contributed by atoms with E-state index in [1.54, 1.807) is 0 Å². The topological polar surface area (TPSA) is 42.2 Å². The predicted octanol–water partition coefficient (Wildman–Crippen LogP) is 2.29. The Hall–Kier alpha value is -1.09. The van der Waals surface area contributed by atoms with Crippen LogP contribution in [0.1, 0.15) is 31.9 Å². The molecule has 2 N–H and O–H groups in total. The number of nitrogen functional groups attached to an aromatic ring is 1. The summed E-state index contributed by atoms with van der Waals surface area (Å²) in [6.07, 6.45) is 5.79. The first kappa shape index (κ1) is 11.4. The highest BCUT2D eigenvalue weighted by molar-refractivity contribution is 5.41. The van der Waals surface area contributed by atoms with E-state index in [9.17, 15) is 0 Å². The van der Waals surface area contributed by atoms with Crippen molar-refractivity contribution in [2.45, 2.75) is 32.7 Å². The van der Waals surface area contributed by atoms with Gasteiger partial charge in [-0.15, -0.1) is 0 Å². The van der Waals surface area contributed by atoms with E-state index in [0.29, 0.717) is 0 Å². The molecule has 0 unspecified atom stereocenters. The minimum Gasteiger partial charge on any atom is -0.397 e. The Balaban J connectivity index is 1.89. The van der Waals surface area contributed by atoms with E-state index >= 15 is 0 Å². The maximum absolute atomic E-state index is 5.90. The van der Waals surface area contributed by atoms with Gasteiger partial charge in [0.25, 0.3) is 0 Å². The average Bonchev–Trinajstić information content (AvgIpc) is 2.33. The van der Waals surface area contributed by atoms with E-state index in [4.69, 9.17) is 5.73 Å². The fourth-order valence-corrected chi connectivity index (χ4v) is 2.35. The van der Waals surface area contributed by atoms with Crippen LogP contribution >= 0.6 is 0 Å². The lowest BCUT2D eigenvalue weighted by atomic mass is 9.94. The molecule has 1 aliphatic rings.